The summed E-state index contributed by atoms with van der Waals surface area (Å²) in [5.74, 6) is 1.84. The number of amides is 1. The number of anilines is 1. The van der Waals surface area contributed by atoms with Crippen LogP contribution in [0.5, 0.6) is 5.75 Å². The van der Waals surface area contributed by atoms with E-state index in [-0.39, 0.29) is 12.0 Å². The van der Waals surface area contributed by atoms with Crippen molar-refractivity contribution in [2.75, 3.05) is 31.1 Å². The first-order valence-corrected chi connectivity index (χ1v) is 10.2. The van der Waals surface area contributed by atoms with Crippen molar-refractivity contribution >= 4 is 23.1 Å². The van der Waals surface area contributed by atoms with Crippen LogP contribution in [0.25, 0.3) is 0 Å². The van der Waals surface area contributed by atoms with Crippen LogP contribution in [0.2, 0.25) is 0 Å². The number of likely N-dealkylation sites (tertiary alicyclic amines) is 1. The second-order valence-electron chi connectivity index (χ2n) is 6.77. The van der Waals surface area contributed by atoms with Gasteiger partial charge in [-0.2, -0.15) is 0 Å². The molecule has 0 spiro atoms. The predicted octanol–water partition coefficient (Wildman–Crippen LogP) is 2.99. The Morgan fingerprint density at radius 2 is 2.15 bits per heavy atom. The van der Waals surface area contributed by atoms with Crippen molar-refractivity contribution in [3.05, 3.63) is 34.4 Å². The van der Waals surface area contributed by atoms with Gasteiger partial charge in [0.2, 0.25) is 0 Å². The van der Waals surface area contributed by atoms with Crippen LogP contribution in [-0.4, -0.2) is 53.1 Å². The van der Waals surface area contributed by atoms with Crippen molar-refractivity contribution in [2.45, 2.75) is 38.7 Å². The summed E-state index contributed by atoms with van der Waals surface area (Å²) in [7, 11) is 0. The van der Waals surface area contributed by atoms with E-state index in [1.54, 1.807) is 6.20 Å². The van der Waals surface area contributed by atoms with Crippen LogP contribution >= 0.6 is 11.3 Å². The summed E-state index contributed by atoms with van der Waals surface area (Å²) in [6.07, 6.45) is 7.66. The number of aryl methyl sites for hydroxylation is 1. The predicted molar refractivity (Wildman–Crippen MR) is 102 cm³/mol. The van der Waals surface area contributed by atoms with E-state index in [1.807, 2.05) is 23.2 Å². The van der Waals surface area contributed by atoms with Gasteiger partial charge in [-0.05, 0) is 31.4 Å². The van der Waals surface area contributed by atoms with E-state index in [1.165, 1.54) is 24.2 Å². The lowest BCUT2D eigenvalue weighted by molar-refractivity contribution is 0.0777. The molecule has 0 radical (unpaired) electrons. The normalized spacial score (nSPS) is 20.0. The van der Waals surface area contributed by atoms with Crippen molar-refractivity contribution in [1.82, 2.24) is 14.9 Å². The van der Waals surface area contributed by atoms with Gasteiger partial charge in [-0.15, -0.1) is 11.3 Å². The van der Waals surface area contributed by atoms with Crippen LogP contribution < -0.4 is 9.64 Å². The van der Waals surface area contributed by atoms with Crippen molar-refractivity contribution in [1.29, 1.82) is 0 Å². The summed E-state index contributed by atoms with van der Waals surface area (Å²) in [5.41, 5.74) is 0. The number of thiazole rings is 1. The number of hydrogen-bond donors (Lipinski definition) is 0. The molecule has 138 valence electrons. The van der Waals surface area contributed by atoms with Crippen LogP contribution in [0, 0.1) is 0 Å². The Labute approximate surface area is 157 Å². The lowest BCUT2D eigenvalue weighted by Gasteiger charge is -2.22. The third kappa shape index (κ3) is 3.53. The molecule has 1 amide bonds. The smallest absolute Gasteiger partial charge is 0.265 e. The van der Waals surface area contributed by atoms with Gasteiger partial charge in [0.15, 0.2) is 11.6 Å². The molecular formula is C19H24N4O2S. The topological polar surface area (TPSA) is 58.6 Å². The summed E-state index contributed by atoms with van der Waals surface area (Å²) in [5, 5.41) is 1.01. The van der Waals surface area contributed by atoms with Crippen LogP contribution in [0.3, 0.4) is 0 Å². The van der Waals surface area contributed by atoms with E-state index >= 15 is 0 Å². The van der Waals surface area contributed by atoms with E-state index in [4.69, 9.17) is 4.74 Å². The number of ether oxygens (including phenoxy) is 1. The molecule has 4 heterocycles. The van der Waals surface area contributed by atoms with E-state index in [0.717, 1.165) is 53.9 Å². The maximum Gasteiger partial charge on any atom is 0.265 e. The minimum absolute atomic E-state index is 0.0167. The second kappa shape index (κ2) is 7.61. The average Bonchev–Trinajstić information content (AvgIpc) is 3.42. The van der Waals surface area contributed by atoms with Gasteiger partial charge in [0.05, 0.1) is 17.7 Å². The summed E-state index contributed by atoms with van der Waals surface area (Å²) in [4.78, 5) is 26.4. The van der Waals surface area contributed by atoms with Gasteiger partial charge in [-0.3, -0.25) is 4.79 Å². The van der Waals surface area contributed by atoms with Gasteiger partial charge in [0, 0.05) is 32.3 Å². The number of pyridine rings is 1. The summed E-state index contributed by atoms with van der Waals surface area (Å²) < 4.78 is 6.25. The monoisotopic (exact) mass is 372 g/mol. The zero-order valence-electron chi connectivity index (χ0n) is 15.1. The van der Waals surface area contributed by atoms with E-state index in [2.05, 4.69) is 21.8 Å². The van der Waals surface area contributed by atoms with Crippen LogP contribution in [0.4, 0.5) is 5.82 Å². The fourth-order valence-corrected chi connectivity index (χ4v) is 4.38. The number of carbonyl (C=O) groups excluding carboxylic acids is 1. The zero-order valence-corrected chi connectivity index (χ0v) is 15.9. The van der Waals surface area contributed by atoms with Gasteiger partial charge >= 0.3 is 0 Å². The number of carbonyl (C=O) groups is 1. The van der Waals surface area contributed by atoms with Crippen molar-refractivity contribution in [2.24, 2.45) is 0 Å². The molecule has 0 N–H and O–H groups in total. The Balaban J connectivity index is 1.41. The standard InChI is InChI=1S/C19H24N4O2S/c1-2-17-21-12-16(26-17)19(24)23-11-7-14(13-23)25-15-6-5-8-20-18(15)22-9-3-4-10-22/h5-6,8,12,14H,2-4,7,9-11,13H2,1H3/t14-/m1/s1. The highest BCUT2D eigenvalue weighted by Crippen LogP contribution is 2.30. The number of nitrogens with zero attached hydrogens (tertiary/aromatic N) is 4. The Bertz CT molecular complexity index is 772. The van der Waals surface area contributed by atoms with Gasteiger partial charge in [0.25, 0.3) is 5.91 Å². The third-order valence-corrected chi connectivity index (χ3v) is 6.08. The number of aromatic nitrogens is 2. The van der Waals surface area contributed by atoms with Crippen LogP contribution in [0.15, 0.2) is 24.5 Å². The summed E-state index contributed by atoms with van der Waals surface area (Å²) >= 11 is 1.49. The maximum atomic E-state index is 12.7. The van der Waals surface area contributed by atoms with Crippen LogP contribution in [0.1, 0.15) is 40.9 Å². The molecule has 2 aliphatic heterocycles. The number of hydrogen-bond acceptors (Lipinski definition) is 6. The highest BCUT2D eigenvalue weighted by Gasteiger charge is 2.30. The Kier molecular flexibility index (Phi) is 5.06. The minimum atomic E-state index is 0.0167. The van der Waals surface area contributed by atoms with Crippen LogP contribution in [-0.2, 0) is 6.42 Å². The Hall–Kier alpha value is -2.15. The molecule has 0 aliphatic carbocycles. The van der Waals surface area contributed by atoms with Crippen molar-refractivity contribution in [3.8, 4) is 5.75 Å². The highest BCUT2D eigenvalue weighted by molar-refractivity contribution is 7.13. The first-order chi connectivity index (χ1) is 12.7. The molecule has 2 saturated heterocycles. The molecule has 6 nitrogen and oxygen atoms in total. The SMILES string of the molecule is CCc1ncc(C(=O)N2CC[C@@H](Oc3cccnc3N3CCCC3)C2)s1. The quantitative estimate of drug-likeness (QED) is 0.808. The molecule has 7 heteroatoms. The maximum absolute atomic E-state index is 12.7. The van der Waals surface area contributed by atoms with Gasteiger partial charge < -0.3 is 14.5 Å². The lowest BCUT2D eigenvalue weighted by atomic mass is 10.3. The molecule has 0 aromatic carbocycles. The molecule has 2 fully saturated rings. The fourth-order valence-electron chi connectivity index (χ4n) is 3.56. The van der Waals surface area contributed by atoms with E-state index < -0.39 is 0 Å². The molecule has 2 aromatic heterocycles. The van der Waals surface area contributed by atoms with Gasteiger partial charge in [-0.25, -0.2) is 9.97 Å². The molecule has 2 aromatic rings. The first-order valence-electron chi connectivity index (χ1n) is 9.35. The zero-order chi connectivity index (χ0) is 17.9. The van der Waals surface area contributed by atoms with E-state index in [9.17, 15) is 4.79 Å². The fraction of sp³-hybridized carbons (Fsp3) is 0.526. The molecule has 0 bridgehead atoms. The molecule has 26 heavy (non-hydrogen) atoms. The molecule has 0 unspecified atom stereocenters. The Morgan fingerprint density at radius 1 is 1.31 bits per heavy atom. The minimum Gasteiger partial charge on any atom is -0.485 e. The van der Waals surface area contributed by atoms with Gasteiger partial charge in [0.1, 0.15) is 11.0 Å². The summed E-state index contributed by atoms with van der Waals surface area (Å²) in [6.45, 7) is 5.47. The molecule has 4 rings (SSSR count). The third-order valence-electron chi connectivity index (χ3n) is 4.95. The molecule has 2 aliphatic rings. The molecule has 0 saturated carbocycles. The van der Waals surface area contributed by atoms with Crippen molar-refractivity contribution < 1.29 is 9.53 Å². The largest absolute Gasteiger partial charge is 0.485 e. The lowest BCUT2D eigenvalue weighted by Crippen LogP contribution is -2.30. The Morgan fingerprint density at radius 3 is 2.92 bits per heavy atom. The van der Waals surface area contributed by atoms with E-state index in [0.29, 0.717) is 6.54 Å². The second-order valence-corrected chi connectivity index (χ2v) is 7.89. The number of rotatable bonds is 5. The van der Waals surface area contributed by atoms with Gasteiger partial charge in [-0.1, -0.05) is 6.92 Å². The molecule has 1 atom stereocenters. The summed E-state index contributed by atoms with van der Waals surface area (Å²) in [6, 6.07) is 3.90. The first kappa shape index (κ1) is 17.3. The average molecular weight is 372 g/mol. The molecular weight excluding hydrogens is 348 g/mol. The highest BCUT2D eigenvalue weighted by atomic mass is 32.1. The van der Waals surface area contributed by atoms with Crippen molar-refractivity contribution in [3.63, 3.8) is 0 Å².